The number of benzene rings is 2. The lowest BCUT2D eigenvalue weighted by atomic mass is 9.81. The minimum atomic E-state index is 0.376. The van der Waals surface area contributed by atoms with E-state index >= 15 is 0 Å². The number of nitrogens with two attached hydrogens (primary N) is 1. The Labute approximate surface area is 139 Å². The Balaban J connectivity index is 1.53. The third kappa shape index (κ3) is 4.59. The quantitative estimate of drug-likeness (QED) is 0.873. The predicted molar refractivity (Wildman–Crippen MR) is 95.6 cm³/mol. The van der Waals surface area contributed by atoms with Crippen molar-refractivity contribution in [2.75, 3.05) is 0 Å². The molecule has 2 atom stereocenters. The highest BCUT2D eigenvalue weighted by Crippen LogP contribution is 2.27. The molecule has 0 heterocycles. The minimum absolute atomic E-state index is 0.376. The van der Waals surface area contributed by atoms with Crippen molar-refractivity contribution in [3.05, 3.63) is 65.2 Å². The van der Waals surface area contributed by atoms with E-state index in [4.69, 9.17) is 10.5 Å². The van der Waals surface area contributed by atoms with Crippen molar-refractivity contribution < 1.29 is 4.74 Å². The van der Waals surface area contributed by atoms with Gasteiger partial charge in [0.05, 0.1) is 0 Å². The Morgan fingerprint density at radius 3 is 2.26 bits per heavy atom. The molecule has 0 radical (unpaired) electrons. The summed E-state index contributed by atoms with van der Waals surface area (Å²) in [6.45, 7) is 2.72. The minimum Gasteiger partial charge on any atom is -0.489 e. The van der Waals surface area contributed by atoms with Gasteiger partial charge in [0, 0.05) is 6.04 Å². The van der Waals surface area contributed by atoms with E-state index in [0.717, 1.165) is 12.2 Å². The number of hydrogen-bond donors (Lipinski definition) is 1. The summed E-state index contributed by atoms with van der Waals surface area (Å²) >= 11 is 0. The number of rotatable bonds is 5. The van der Waals surface area contributed by atoms with Gasteiger partial charge >= 0.3 is 0 Å². The Morgan fingerprint density at radius 2 is 1.57 bits per heavy atom. The van der Waals surface area contributed by atoms with Gasteiger partial charge in [-0.25, -0.2) is 0 Å². The van der Waals surface area contributed by atoms with Gasteiger partial charge in [-0.05, 0) is 55.4 Å². The van der Waals surface area contributed by atoms with E-state index in [0.29, 0.717) is 18.6 Å². The summed E-state index contributed by atoms with van der Waals surface area (Å²) in [5.41, 5.74) is 10.1. The first-order valence-corrected chi connectivity index (χ1v) is 8.73. The lowest BCUT2D eigenvalue weighted by Gasteiger charge is -2.28. The van der Waals surface area contributed by atoms with Gasteiger partial charge in [-0.2, -0.15) is 0 Å². The van der Waals surface area contributed by atoms with E-state index < -0.39 is 0 Å². The van der Waals surface area contributed by atoms with Crippen LogP contribution < -0.4 is 10.5 Å². The fraction of sp³-hybridized carbons (Fsp3) is 0.429. The third-order valence-electron chi connectivity index (χ3n) is 4.92. The van der Waals surface area contributed by atoms with Crippen LogP contribution in [0, 0.1) is 12.8 Å². The molecule has 0 saturated heterocycles. The van der Waals surface area contributed by atoms with Gasteiger partial charge < -0.3 is 10.5 Å². The highest BCUT2D eigenvalue weighted by atomic mass is 16.5. The second-order valence-corrected chi connectivity index (χ2v) is 6.83. The van der Waals surface area contributed by atoms with E-state index in [1.165, 1.54) is 42.4 Å². The molecule has 0 bridgehead atoms. The molecule has 23 heavy (non-hydrogen) atoms. The molecule has 0 spiro atoms. The first-order valence-electron chi connectivity index (χ1n) is 8.73. The van der Waals surface area contributed by atoms with Crippen LogP contribution in [0.1, 0.15) is 42.4 Å². The normalized spacial score (nSPS) is 21.1. The summed E-state index contributed by atoms with van der Waals surface area (Å²) in [4.78, 5) is 0. The molecule has 1 aliphatic carbocycles. The fourth-order valence-electron chi connectivity index (χ4n) is 3.37. The highest BCUT2D eigenvalue weighted by Gasteiger charge is 2.21. The van der Waals surface area contributed by atoms with Crippen LogP contribution in [0.2, 0.25) is 0 Å². The summed E-state index contributed by atoms with van der Waals surface area (Å²) < 4.78 is 5.87. The van der Waals surface area contributed by atoms with Crippen LogP contribution in [0.15, 0.2) is 48.5 Å². The topological polar surface area (TPSA) is 35.2 Å². The van der Waals surface area contributed by atoms with Crippen molar-refractivity contribution in [2.24, 2.45) is 11.7 Å². The van der Waals surface area contributed by atoms with Gasteiger partial charge in [0.2, 0.25) is 0 Å². The van der Waals surface area contributed by atoms with E-state index in [-0.39, 0.29) is 0 Å². The Hall–Kier alpha value is -1.80. The lowest BCUT2D eigenvalue weighted by Crippen LogP contribution is -2.34. The first-order chi connectivity index (χ1) is 11.2. The zero-order valence-electron chi connectivity index (χ0n) is 14.0. The average molecular weight is 309 g/mol. The second-order valence-electron chi connectivity index (χ2n) is 6.83. The third-order valence-corrected chi connectivity index (χ3v) is 4.92. The van der Waals surface area contributed by atoms with Gasteiger partial charge in [0.1, 0.15) is 12.4 Å². The van der Waals surface area contributed by atoms with E-state index in [9.17, 15) is 0 Å². The molecule has 0 aromatic heterocycles. The molecule has 2 aromatic carbocycles. The van der Waals surface area contributed by atoms with Crippen LogP contribution in [0.3, 0.4) is 0 Å². The lowest BCUT2D eigenvalue weighted by molar-refractivity contribution is 0.303. The molecule has 3 rings (SSSR count). The molecule has 1 aliphatic rings. The maximum absolute atomic E-state index is 6.25. The summed E-state index contributed by atoms with van der Waals surface area (Å²) in [6.07, 6.45) is 6.17. The second kappa shape index (κ2) is 7.65. The first kappa shape index (κ1) is 16.1. The molecule has 2 aromatic rings. The molecule has 2 N–H and O–H groups in total. The summed E-state index contributed by atoms with van der Waals surface area (Å²) in [5, 5.41) is 0. The Bertz CT molecular complexity index is 603. The van der Waals surface area contributed by atoms with Gasteiger partial charge in [0.25, 0.3) is 0 Å². The van der Waals surface area contributed by atoms with Crippen LogP contribution in [-0.4, -0.2) is 6.04 Å². The molecular weight excluding hydrogens is 282 g/mol. The van der Waals surface area contributed by atoms with E-state index in [1.54, 1.807) is 0 Å². The van der Waals surface area contributed by atoms with Crippen molar-refractivity contribution in [3.63, 3.8) is 0 Å². The molecular formula is C21H27NO. The molecule has 0 aliphatic heterocycles. The van der Waals surface area contributed by atoms with Crippen molar-refractivity contribution in [1.82, 2.24) is 0 Å². The maximum Gasteiger partial charge on any atom is 0.119 e. The molecule has 2 unspecified atom stereocenters. The van der Waals surface area contributed by atoms with E-state index in [2.05, 4.69) is 55.5 Å². The summed E-state index contributed by atoms with van der Waals surface area (Å²) in [7, 11) is 0. The molecule has 1 fully saturated rings. The van der Waals surface area contributed by atoms with Gasteiger partial charge in [-0.1, -0.05) is 54.8 Å². The van der Waals surface area contributed by atoms with Crippen molar-refractivity contribution in [1.29, 1.82) is 0 Å². The van der Waals surface area contributed by atoms with Gasteiger partial charge in [0.15, 0.2) is 0 Å². The van der Waals surface area contributed by atoms with Crippen LogP contribution >= 0.6 is 0 Å². The fourth-order valence-corrected chi connectivity index (χ4v) is 3.37. The monoisotopic (exact) mass is 309 g/mol. The van der Waals surface area contributed by atoms with E-state index in [1.807, 2.05) is 0 Å². The number of aryl methyl sites for hydroxylation is 1. The van der Waals surface area contributed by atoms with Gasteiger partial charge in [-0.15, -0.1) is 0 Å². The largest absolute Gasteiger partial charge is 0.489 e. The van der Waals surface area contributed by atoms with Crippen LogP contribution in [-0.2, 0) is 13.0 Å². The number of ether oxygens (including phenoxy) is 1. The SMILES string of the molecule is Cc1ccc(COc2ccc(CC3CCCCC3N)cc2)cc1. The van der Waals surface area contributed by atoms with Crippen LogP contribution in [0.4, 0.5) is 0 Å². The zero-order valence-corrected chi connectivity index (χ0v) is 14.0. The average Bonchev–Trinajstić information content (AvgIpc) is 2.58. The van der Waals surface area contributed by atoms with Gasteiger partial charge in [-0.3, -0.25) is 0 Å². The maximum atomic E-state index is 6.25. The molecule has 2 heteroatoms. The molecule has 0 amide bonds. The highest BCUT2D eigenvalue weighted by molar-refractivity contribution is 5.28. The molecule has 122 valence electrons. The van der Waals surface area contributed by atoms with Crippen LogP contribution in [0.5, 0.6) is 5.75 Å². The van der Waals surface area contributed by atoms with Crippen molar-refractivity contribution in [3.8, 4) is 5.75 Å². The van der Waals surface area contributed by atoms with Crippen molar-refractivity contribution in [2.45, 2.75) is 51.7 Å². The number of hydrogen-bond acceptors (Lipinski definition) is 2. The zero-order chi connectivity index (χ0) is 16.1. The molecule has 2 nitrogen and oxygen atoms in total. The smallest absolute Gasteiger partial charge is 0.119 e. The van der Waals surface area contributed by atoms with Crippen molar-refractivity contribution >= 4 is 0 Å². The molecule has 1 saturated carbocycles. The summed E-state index contributed by atoms with van der Waals surface area (Å²) in [5.74, 6) is 1.57. The predicted octanol–water partition coefficient (Wildman–Crippen LogP) is 4.63. The van der Waals surface area contributed by atoms with Crippen LogP contribution in [0.25, 0.3) is 0 Å². The Kier molecular flexibility index (Phi) is 5.35. The Morgan fingerprint density at radius 1 is 0.913 bits per heavy atom. The standard InChI is InChI=1S/C21H27NO/c1-16-6-8-18(9-7-16)15-23-20-12-10-17(11-13-20)14-19-4-2-3-5-21(19)22/h6-13,19,21H,2-5,14-15,22H2,1H3. The summed E-state index contributed by atoms with van der Waals surface area (Å²) in [6, 6.07) is 17.4.